The van der Waals surface area contributed by atoms with E-state index in [0.29, 0.717) is 6.04 Å². The van der Waals surface area contributed by atoms with Gasteiger partial charge in [-0.3, -0.25) is 4.57 Å². The molecule has 14 heavy (non-hydrogen) atoms. The van der Waals surface area contributed by atoms with Gasteiger partial charge in [0.15, 0.2) is 0 Å². The number of aromatic nitrogens is 2. The van der Waals surface area contributed by atoms with E-state index in [1.165, 1.54) is 0 Å². The monoisotopic (exact) mass is 197 g/mol. The largest absolute Gasteiger partial charge is 0.325 e. The van der Waals surface area contributed by atoms with E-state index in [1.807, 2.05) is 0 Å². The van der Waals surface area contributed by atoms with Gasteiger partial charge in [0.2, 0.25) is 0 Å². The molecule has 1 aromatic heterocycles. The highest BCUT2D eigenvalue weighted by Gasteiger charge is 2.02. The molecule has 1 aromatic rings. The molecule has 4 nitrogen and oxygen atoms in total. The second-order valence-electron chi connectivity index (χ2n) is 3.89. The van der Waals surface area contributed by atoms with Crippen molar-refractivity contribution in [1.29, 1.82) is 0 Å². The zero-order chi connectivity index (χ0) is 10.6. The molecule has 0 amide bonds. The van der Waals surface area contributed by atoms with E-state index in [4.69, 9.17) is 0 Å². The predicted octanol–water partition coefficient (Wildman–Crippen LogP) is 0.907. The quantitative estimate of drug-likeness (QED) is 0.762. The highest BCUT2D eigenvalue weighted by molar-refractivity contribution is 4.75. The summed E-state index contributed by atoms with van der Waals surface area (Å²) in [6.07, 6.45) is 4.47. The SMILES string of the molecule is CC(C)N(C)CCCn1cc[nH]c1=O. The minimum atomic E-state index is -0.0165. The number of H-pyrrole nitrogens is 1. The Bertz CT molecular complexity index is 313. The summed E-state index contributed by atoms with van der Waals surface area (Å²) < 4.78 is 1.70. The van der Waals surface area contributed by atoms with Crippen molar-refractivity contribution in [2.75, 3.05) is 13.6 Å². The molecule has 0 unspecified atom stereocenters. The van der Waals surface area contributed by atoms with Crippen molar-refractivity contribution in [2.45, 2.75) is 32.9 Å². The first-order valence-corrected chi connectivity index (χ1v) is 5.05. The third-order valence-corrected chi connectivity index (χ3v) is 2.51. The predicted molar refractivity (Wildman–Crippen MR) is 57.4 cm³/mol. The van der Waals surface area contributed by atoms with Gasteiger partial charge in [-0.25, -0.2) is 4.79 Å². The van der Waals surface area contributed by atoms with Gasteiger partial charge in [0.05, 0.1) is 0 Å². The molecule has 0 aliphatic carbocycles. The molecular formula is C10H19N3O. The lowest BCUT2D eigenvalue weighted by molar-refractivity contribution is 0.265. The van der Waals surface area contributed by atoms with Crippen LogP contribution in [0.3, 0.4) is 0 Å². The first-order chi connectivity index (χ1) is 6.61. The van der Waals surface area contributed by atoms with Gasteiger partial charge in [-0.1, -0.05) is 0 Å². The Morgan fingerprint density at radius 3 is 2.79 bits per heavy atom. The molecule has 1 heterocycles. The lowest BCUT2D eigenvalue weighted by Crippen LogP contribution is -2.28. The zero-order valence-corrected chi connectivity index (χ0v) is 9.16. The number of nitrogens with zero attached hydrogens (tertiary/aromatic N) is 2. The molecule has 0 fully saturated rings. The molecule has 0 aliphatic heterocycles. The molecule has 4 heteroatoms. The van der Waals surface area contributed by atoms with Gasteiger partial charge in [0.1, 0.15) is 0 Å². The highest BCUT2D eigenvalue weighted by Crippen LogP contribution is 1.96. The zero-order valence-electron chi connectivity index (χ0n) is 9.16. The van der Waals surface area contributed by atoms with Crippen LogP contribution in [0.1, 0.15) is 20.3 Å². The summed E-state index contributed by atoms with van der Waals surface area (Å²) in [5, 5.41) is 0. The maximum absolute atomic E-state index is 11.1. The van der Waals surface area contributed by atoms with Crippen LogP contribution in [-0.4, -0.2) is 34.1 Å². The van der Waals surface area contributed by atoms with Crippen molar-refractivity contribution in [3.05, 3.63) is 22.9 Å². The third kappa shape index (κ3) is 3.03. The minimum Gasteiger partial charge on any atom is -0.313 e. The van der Waals surface area contributed by atoms with Crippen molar-refractivity contribution in [3.63, 3.8) is 0 Å². The van der Waals surface area contributed by atoms with Gasteiger partial charge in [-0.05, 0) is 33.9 Å². The molecule has 0 atom stereocenters. The van der Waals surface area contributed by atoms with E-state index < -0.39 is 0 Å². The van der Waals surface area contributed by atoms with Crippen LogP contribution < -0.4 is 5.69 Å². The number of nitrogens with one attached hydrogen (secondary N) is 1. The maximum atomic E-state index is 11.1. The van der Waals surface area contributed by atoms with Crippen molar-refractivity contribution in [1.82, 2.24) is 14.5 Å². The molecule has 0 radical (unpaired) electrons. The van der Waals surface area contributed by atoms with Gasteiger partial charge in [-0.2, -0.15) is 0 Å². The molecule has 0 aromatic carbocycles. The lowest BCUT2D eigenvalue weighted by Gasteiger charge is -2.20. The van der Waals surface area contributed by atoms with Gasteiger partial charge in [-0.15, -0.1) is 0 Å². The van der Waals surface area contributed by atoms with E-state index in [1.54, 1.807) is 17.0 Å². The van der Waals surface area contributed by atoms with Crippen LogP contribution in [0.2, 0.25) is 0 Å². The van der Waals surface area contributed by atoms with Crippen LogP contribution in [0.4, 0.5) is 0 Å². The Morgan fingerprint density at radius 2 is 2.29 bits per heavy atom. The van der Waals surface area contributed by atoms with Crippen molar-refractivity contribution in [3.8, 4) is 0 Å². The third-order valence-electron chi connectivity index (χ3n) is 2.51. The molecular weight excluding hydrogens is 178 g/mol. The molecule has 1 rings (SSSR count). The van der Waals surface area contributed by atoms with Crippen LogP contribution in [0.5, 0.6) is 0 Å². The maximum Gasteiger partial charge on any atom is 0.325 e. The molecule has 0 saturated carbocycles. The first kappa shape index (κ1) is 11.0. The number of aryl methyl sites for hydroxylation is 1. The number of hydrogen-bond donors (Lipinski definition) is 1. The average molecular weight is 197 g/mol. The van der Waals surface area contributed by atoms with E-state index in [2.05, 4.69) is 30.8 Å². The smallest absolute Gasteiger partial charge is 0.313 e. The Kier molecular flexibility index (Phi) is 3.95. The van der Waals surface area contributed by atoms with E-state index >= 15 is 0 Å². The van der Waals surface area contributed by atoms with Crippen LogP contribution >= 0.6 is 0 Å². The standard InChI is InChI=1S/C10H19N3O/c1-9(2)12(3)6-4-7-13-8-5-11-10(13)14/h5,8-9H,4,6-7H2,1-3H3,(H,11,14). The molecule has 0 saturated heterocycles. The fourth-order valence-electron chi connectivity index (χ4n) is 1.27. The summed E-state index contributed by atoms with van der Waals surface area (Å²) >= 11 is 0. The lowest BCUT2D eigenvalue weighted by atomic mass is 10.3. The molecule has 0 spiro atoms. The summed E-state index contributed by atoms with van der Waals surface area (Å²) in [6, 6.07) is 0.568. The summed E-state index contributed by atoms with van der Waals surface area (Å²) in [4.78, 5) is 16.0. The summed E-state index contributed by atoms with van der Waals surface area (Å²) in [6.45, 7) is 6.15. The fourth-order valence-corrected chi connectivity index (χ4v) is 1.27. The van der Waals surface area contributed by atoms with Crippen LogP contribution in [0.15, 0.2) is 17.2 Å². The first-order valence-electron chi connectivity index (χ1n) is 5.05. The van der Waals surface area contributed by atoms with E-state index in [9.17, 15) is 4.79 Å². The fraction of sp³-hybridized carbons (Fsp3) is 0.700. The molecule has 0 bridgehead atoms. The summed E-state index contributed by atoms with van der Waals surface area (Å²) in [5.74, 6) is 0. The van der Waals surface area contributed by atoms with E-state index in [0.717, 1.165) is 19.5 Å². The average Bonchev–Trinajstić information content (AvgIpc) is 2.51. The Hall–Kier alpha value is -1.03. The number of aromatic amines is 1. The summed E-state index contributed by atoms with van der Waals surface area (Å²) in [7, 11) is 2.10. The Morgan fingerprint density at radius 1 is 1.57 bits per heavy atom. The summed E-state index contributed by atoms with van der Waals surface area (Å²) in [5.41, 5.74) is -0.0165. The molecule has 1 N–H and O–H groups in total. The minimum absolute atomic E-state index is 0.0165. The van der Waals surface area contributed by atoms with Gasteiger partial charge in [0.25, 0.3) is 0 Å². The molecule has 80 valence electrons. The highest BCUT2D eigenvalue weighted by atomic mass is 16.1. The van der Waals surface area contributed by atoms with Gasteiger partial charge >= 0.3 is 5.69 Å². The Balaban J connectivity index is 2.29. The van der Waals surface area contributed by atoms with E-state index in [-0.39, 0.29) is 5.69 Å². The van der Waals surface area contributed by atoms with Crippen molar-refractivity contribution >= 4 is 0 Å². The van der Waals surface area contributed by atoms with Crippen molar-refractivity contribution in [2.24, 2.45) is 0 Å². The number of imidazole rings is 1. The van der Waals surface area contributed by atoms with Crippen molar-refractivity contribution < 1.29 is 0 Å². The second-order valence-corrected chi connectivity index (χ2v) is 3.89. The van der Waals surface area contributed by atoms with Gasteiger partial charge < -0.3 is 9.88 Å². The second kappa shape index (κ2) is 5.00. The Labute approximate surface area is 84.5 Å². The van der Waals surface area contributed by atoms with Crippen LogP contribution in [0.25, 0.3) is 0 Å². The molecule has 0 aliphatic rings. The topological polar surface area (TPSA) is 41.0 Å². The van der Waals surface area contributed by atoms with Crippen LogP contribution in [0, 0.1) is 0 Å². The van der Waals surface area contributed by atoms with Crippen LogP contribution in [-0.2, 0) is 6.54 Å². The van der Waals surface area contributed by atoms with Gasteiger partial charge in [0, 0.05) is 25.0 Å². The number of hydrogen-bond acceptors (Lipinski definition) is 2. The normalized spacial score (nSPS) is 11.5. The number of rotatable bonds is 5.